The number of nitrogens with zero attached hydrogens (tertiary/aromatic N) is 2. The van der Waals surface area contributed by atoms with Crippen molar-refractivity contribution in [1.29, 1.82) is 0 Å². The van der Waals surface area contributed by atoms with Gasteiger partial charge < -0.3 is 5.32 Å². The Hall–Kier alpha value is -3.13. The number of nitro groups is 1. The van der Waals surface area contributed by atoms with Gasteiger partial charge >= 0.3 is 0 Å². The summed E-state index contributed by atoms with van der Waals surface area (Å²) in [6.07, 6.45) is 0. The van der Waals surface area contributed by atoms with Crippen molar-refractivity contribution in [3.63, 3.8) is 0 Å². The van der Waals surface area contributed by atoms with Gasteiger partial charge in [0.05, 0.1) is 10.6 Å². The molecule has 28 heavy (non-hydrogen) atoms. The summed E-state index contributed by atoms with van der Waals surface area (Å²) in [5.74, 6) is -1.22. The van der Waals surface area contributed by atoms with Gasteiger partial charge in [0.1, 0.15) is 11.1 Å². The number of rotatable bonds is 7. The highest BCUT2D eigenvalue weighted by atomic mass is 35.5. The van der Waals surface area contributed by atoms with E-state index in [2.05, 4.69) is 10.7 Å². The number of para-hydroxylation sites is 1. The lowest BCUT2D eigenvalue weighted by Crippen LogP contribution is -2.53. The van der Waals surface area contributed by atoms with Crippen LogP contribution in [0.5, 0.6) is 0 Å². The first-order valence-corrected chi connectivity index (χ1v) is 8.92. The molecular formula is C19H21ClN4O4. The van der Waals surface area contributed by atoms with Crippen LogP contribution in [0.25, 0.3) is 0 Å². The maximum absolute atomic E-state index is 12.7. The van der Waals surface area contributed by atoms with E-state index >= 15 is 0 Å². The molecule has 1 atom stereocenters. The fourth-order valence-electron chi connectivity index (χ4n) is 2.50. The molecular weight excluding hydrogens is 384 g/mol. The van der Waals surface area contributed by atoms with Crippen LogP contribution in [0.2, 0.25) is 5.02 Å². The molecule has 0 unspecified atom stereocenters. The molecule has 0 aliphatic rings. The van der Waals surface area contributed by atoms with E-state index in [0.717, 1.165) is 11.8 Å². The van der Waals surface area contributed by atoms with E-state index in [1.807, 2.05) is 30.3 Å². The van der Waals surface area contributed by atoms with Gasteiger partial charge in [0, 0.05) is 18.7 Å². The summed E-state index contributed by atoms with van der Waals surface area (Å²) in [5.41, 5.74) is 3.18. The second-order valence-corrected chi connectivity index (χ2v) is 6.90. The lowest BCUT2D eigenvalue weighted by Gasteiger charge is -2.26. The van der Waals surface area contributed by atoms with E-state index in [4.69, 9.17) is 11.6 Å². The molecule has 9 heteroatoms. The summed E-state index contributed by atoms with van der Waals surface area (Å²) < 4.78 is 0. The average molecular weight is 405 g/mol. The minimum Gasteiger partial charge on any atom is -0.340 e. The fraction of sp³-hybridized carbons (Fsp3) is 0.263. The zero-order chi connectivity index (χ0) is 20.8. The van der Waals surface area contributed by atoms with E-state index < -0.39 is 22.8 Å². The van der Waals surface area contributed by atoms with Gasteiger partial charge in [-0.1, -0.05) is 43.6 Å². The molecule has 0 bridgehead atoms. The highest BCUT2D eigenvalue weighted by molar-refractivity contribution is 6.32. The number of amides is 2. The number of halogens is 1. The van der Waals surface area contributed by atoms with Crippen LogP contribution < -0.4 is 15.8 Å². The average Bonchev–Trinajstić information content (AvgIpc) is 2.66. The summed E-state index contributed by atoms with van der Waals surface area (Å²) in [5, 5.41) is 15.1. The Morgan fingerprint density at radius 1 is 1.14 bits per heavy atom. The third kappa shape index (κ3) is 5.20. The molecule has 2 N–H and O–H groups in total. The molecule has 2 aromatic carbocycles. The first-order chi connectivity index (χ1) is 13.2. The molecule has 0 saturated carbocycles. The summed E-state index contributed by atoms with van der Waals surface area (Å²) in [7, 11) is 1.69. The minimum absolute atomic E-state index is 0.0472. The van der Waals surface area contributed by atoms with Crippen LogP contribution in [0.3, 0.4) is 0 Å². The van der Waals surface area contributed by atoms with Crippen LogP contribution in [-0.2, 0) is 4.79 Å². The maximum atomic E-state index is 12.7. The summed E-state index contributed by atoms with van der Waals surface area (Å²) >= 11 is 5.78. The van der Waals surface area contributed by atoms with Gasteiger partial charge in [-0.25, -0.2) is 0 Å². The monoisotopic (exact) mass is 404 g/mol. The lowest BCUT2D eigenvalue weighted by molar-refractivity contribution is -0.384. The molecule has 2 amide bonds. The largest absolute Gasteiger partial charge is 0.340 e. The van der Waals surface area contributed by atoms with Gasteiger partial charge in [0.25, 0.3) is 17.5 Å². The van der Waals surface area contributed by atoms with Crippen molar-refractivity contribution >= 4 is 34.8 Å². The molecule has 0 aromatic heterocycles. The third-order valence-electron chi connectivity index (χ3n) is 4.06. The minimum atomic E-state index is -0.839. The topological polar surface area (TPSA) is 105 Å². The van der Waals surface area contributed by atoms with Gasteiger partial charge in [0.2, 0.25) is 0 Å². The molecule has 0 aliphatic carbocycles. The second kappa shape index (κ2) is 9.18. The Kier molecular flexibility index (Phi) is 6.94. The van der Waals surface area contributed by atoms with Gasteiger partial charge in [-0.05, 0) is 30.2 Å². The predicted molar refractivity (Wildman–Crippen MR) is 107 cm³/mol. The lowest BCUT2D eigenvalue weighted by atomic mass is 10.0. The van der Waals surface area contributed by atoms with Crippen LogP contribution >= 0.6 is 11.6 Å². The Morgan fingerprint density at radius 3 is 2.36 bits per heavy atom. The number of benzene rings is 2. The van der Waals surface area contributed by atoms with Crippen molar-refractivity contribution in [3.8, 4) is 0 Å². The molecule has 2 rings (SSSR count). The standard InChI is InChI=1S/C19H21ClN4O4/c1-12(2)17(19(26)22-23(3)14-7-5-4-6-8-14)21-18(25)13-9-10-15(20)16(11-13)24(27)28/h4-12,17H,1-3H3,(H,21,25)(H,22,26)/t17-/m0/s1. The molecule has 0 heterocycles. The Balaban J connectivity index is 2.14. The highest BCUT2D eigenvalue weighted by Gasteiger charge is 2.26. The third-order valence-corrected chi connectivity index (χ3v) is 4.38. The van der Waals surface area contributed by atoms with Gasteiger partial charge in [-0.15, -0.1) is 0 Å². The molecule has 0 fully saturated rings. The van der Waals surface area contributed by atoms with Crippen LogP contribution in [0.4, 0.5) is 11.4 Å². The van der Waals surface area contributed by atoms with Crippen LogP contribution in [-0.4, -0.2) is 29.8 Å². The second-order valence-electron chi connectivity index (χ2n) is 6.49. The smallest absolute Gasteiger partial charge is 0.288 e. The quantitative estimate of drug-likeness (QED) is 0.544. The van der Waals surface area contributed by atoms with E-state index in [1.165, 1.54) is 12.1 Å². The molecule has 2 aromatic rings. The van der Waals surface area contributed by atoms with Crippen molar-refractivity contribution in [1.82, 2.24) is 10.7 Å². The molecule has 0 saturated heterocycles. The summed E-state index contributed by atoms with van der Waals surface area (Å²) in [6, 6.07) is 12.1. The molecule has 0 radical (unpaired) electrons. The number of carbonyl (C=O) groups excluding carboxylic acids is 2. The van der Waals surface area contributed by atoms with Crippen molar-refractivity contribution < 1.29 is 14.5 Å². The number of anilines is 1. The SMILES string of the molecule is CC(C)[C@H](NC(=O)c1ccc(Cl)c([N+](=O)[O-])c1)C(=O)NN(C)c1ccccc1. The van der Waals surface area contributed by atoms with Crippen molar-refractivity contribution in [2.45, 2.75) is 19.9 Å². The molecule has 0 spiro atoms. The maximum Gasteiger partial charge on any atom is 0.288 e. The van der Waals surface area contributed by atoms with Crippen LogP contribution in [0, 0.1) is 16.0 Å². The number of hydrogen-bond donors (Lipinski definition) is 2. The first-order valence-electron chi connectivity index (χ1n) is 8.54. The van der Waals surface area contributed by atoms with Crippen molar-refractivity contribution in [2.24, 2.45) is 5.92 Å². The highest BCUT2D eigenvalue weighted by Crippen LogP contribution is 2.25. The van der Waals surface area contributed by atoms with E-state index in [1.54, 1.807) is 25.9 Å². The Labute approximate surface area is 167 Å². The normalized spacial score (nSPS) is 11.6. The summed E-state index contributed by atoms with van der Waals surface area (Å²) in [6.45, 7) is 3.58. The first kappa shape index (κ1) is 21.2. The van der Waals surface area contributed by atoms with Crippen LogP contribution in [0.15, 0.2) is 48.5 Å². The predicted octanol–water partition coefficient (Wildman–Crippen LogP) is 3.17. The fourth-order valence-corrected chi connectivity index (χ4v) is 2.69. The van der Waals surface area contributed by atoms with E-state index in [9.17, 15) is 19.7 Å². The van der Waals surface area contributed by atoms with Crippen molar-refractivity contribution in [2.75, 3.05) is 12.1 Å². The van der Waals surface area contributed by atoms with E-state index in [0.29, 0.717) is 0 Å². The Bertz CT molecular complexity index is 873. The Morgan fingerprint density at radius 2 is 1.79 bits per heavy atom. The molecule has 8 nitrogen and oxygen atoms in total. The number of hydrogen-bond acceptors (Lipinski definition) is 5. The van der Waals surface area contributed by atoms with Gasteiger partial charge in [-0.2, -0.15) is 0 Å². The molecule has 148 valence electrons. The number of nitro benzene ring substituents is 1. The number of carbonyl (C=O) groups is 2. The van der Waals surface area contributed by atoms with Gasteiger partial charge in [0.15, 0.2) is 0 Å². The zero-order valence-corrected chi connectivity index (χ0v) is 16.4. The van der Waals surface area contributed by atoms with E-state index in [-0.39, 0.29) is 22.2 Å². The van der Waals surface area contributed by atoms with Gasteiger partial charge in [-0.3, -0.25) is 30.1 Å². The number of nitrogens with one attached hydrogen (secondary N) is 2. The summed E-state index contributed by atoms with van der Waals surface area (Å²) in [4.78, 5) is 35.5. The zero-order valence-electron chi connectivity index (χ0n) is 15.7. The number of hydrazine groups is 1. The van der Waals surface area contributed by atoms with Crippen molar-refractivity contribution in [3.05, 3.63) is 69.2 Å². The van der Waals surface area contributed by atoms with Crippen LogP contribution in [0.1, 0.15) is 24.2 Å². The molecule has 0 aliphatic heterocycles.